The van der Waals surface area contributed by atoms with Gasteiger partial charge in [0.25, 0.3) is 0 Å². The third kappa shape index (κ3) is 2.29. The van der Waals surface area contributed by atoms with Crippen LogP contribution in [0.3, 0.4) is 0 Å². The maximum absolute atomic E-state index is 11.2. The predicted molar refractivity (Wildman–Crippen MR) is 74.3 cm³/mol. The lowest BCUT2D eigenvalue weighted by Crippen LogP contribution is -2.32. The first kappa shape index (κ1) is 12.0. The van der Waals surface area contributed by atoms with Crippen molar-refractivity contribution in [3.63, 3.8) is 0 Å². The van der Waals surface area contributed by atoms with Crippen LogP contribution in [0.25, 0.3) is 0 Å². The van der Waals surface area contributed by atoms with Crippen molar-refractivity contribution < 1.29 is 14.6 Å². The number of carboxylic acid groups (broad SMARTS) is 1. The summed E-state index contributed by atoms with van der Waals surface area (Å²) in [6.45, 7) is 2.07. The van der Waals surface area contributed by atoms with Gasteiger partial charge >= 0.3 is 5.97 Å². The molecule has 1 aromatic heterocycles. The molecule has 1 N–H and O–H groups in total. The normalized spacial score (nSPS) is 13.8. The zero-order valence-corrected chi connectivity index (χ0v) is 11.0. The van der Waals surface area contributed by atoms with E-state index in [0.717, 1.165) is 18.8 Å². The molecular weight excluding hydrogens is 262 g/mol. The van der Waals surface area contributed by atoms with Gasteiger partial charge < -0.3 is 14.7 Å². The Bertz CT molecular complexity index is 595. The van der Waals surface area contributed by atoms with Crippen molar-refractivity contribution in [2.75, 3.05) is 18.1 Å². The fourth-order valence-electron chi connectivity index (χ4n) is 2.24. The highest BCUT2D eigenvalue weighted by Crippen LogP contribution is 2.35. The van der Waals surface area contributed by atoms with E-state index in [-0.39, 0.29) is 5.56 Å². The van der Waals surface area contributed by atoms with Crippen molar-refractivity contribution >= 4 is 23.0 Å². The van der Waals surface area contributed by atoms with Crippen molar-refractivity contribution in [1.82, 2.24) is 0 Å². The SMILES string of the molecule is O=C(O)c1cccc2c1OCCN2Cc1ccsc1. The molecule has 0 radical (unpaired) electrons. The van der Waals surface area contributed by atoms with Crippen LogP contribution >= 0.6 is 11.3 Å². The van der Waals surface area contributed by atoms with E-state index in [1.165, 1.54) is 5.56 Å². The number of thiophene rings is 1. The van der Waals surface area contributed by atoms with Crippen LogP contribution in [0.4, 0.5) is 5.69 Å². The smallest absolute Gasteiger partial charge is 0.339 e. The summed E-state index contributed by atoms with van der Waals surface area (Å²) in [4.78, 5) is 13.4. The molecule has 1 aliphatic heterocycles. The number of hydrogen-bond donors (Lipinski definition) is 1. The van der Waals surface area contributed by atoms with Crippen LogP contribution < -0.4 is 9.64 Å². The van der Waals surface area contributed by atoms with Gasteiger partial charge in [-0.25, -0.2) is 4.79 Å². The lowest BCUT2D eigenvalue weighted by atomic mass is 10.1. The molecule has 5 heteroatoms. The Morgan fingerprint density at radius 1 is 1.42 bits per heavy atom. The minimum Gasteiger partial charge on any atom is -0.489 e. The molecule has 19 heavy (non-hydrogen) atoms. The minimum absolute atomic E-state index is 0.229. The summed E-state index contributed by atoms with van der Waals surface area (Å²) >= 11 is 1.67. The topological polar surface area (TPSA) is 49.8 Å². The summed E-state index contributed by atoms with van der Waals surface area (Å²) < 4.78 is 5.55. The Balaban J connectivity index is 1.96. The Kier molecular flexibility index (Phi) is 3.13. The van der Waals surface area contributed by atoms with E-state index in [1.54, 1.807) is 23.5 Å². The van der Waals surface area contributed by atoms with Gasteiger partial charge in [-0.2, -0.15) is 11.3 Å². The van der Waals surface area contributed by atoms with E-state index < -0.39 is 5.97 Å². The zero-order chi connectivity index (χ0) is 13.2. The Hall–Kier alpha value is -2.01. The summed E-state index contributed by atoms with van der Waals surface area (Å²) in [6.07, 6.45) is 0. The number of ether oxygens (including phenoxy) is 1. The zero-order valence-electron chi connectivity index (χ0n) is 10.2. The summed E-state index contributed by atoms with van der Waals surface area (Å²) in [5, 5.41) is 13.3. The molecule has 98 valence electrons. The quantitative estimate of drug-likeness (QED) is 0.935. The lowest BCUT2D eigenvalue weighted by molar-refractivity contribution is 0.0692. The van der Waals surface area contributed by atoms with E-state index in [2.05, 4.69) is 16.3 Å². The maximum atomic E-state index is 11.2. The van der Waals surface area contributed by atoms with Crippen LogP contribution in [0.5, 0.6) is 5.75 Å². The van der Waals surface area contributed by atoms with E-state index in [9.17, 15) is 9.90 Å². The van der Waals surface area contributed by atoms with Crippen LogP contribution in [0.15, 0.2) is 35.0 Å². The van der Waals surface area contributed by atoms with Gasteiger partial charge in [0.1, 0.15) is 12.2 Å². The largest absolute Gasteiger partial charge is 0.489 e. The first-order chi connectivity index (χ1) is 9.25. The van der Waals surface area contributed by atoms with Crippen LogP contribution in [0, 0.1) is 0 Å². The van der Waals surface area contributed by atoms with Gasteiger partial charge in [0.05, 0.1) is 12.2 Å². The van der Waals surface area contributed by atoms with Gasteiger partial charge in [-0.1, -0.05) is 6.07 Å². The molecule has 1 aromatic carbocycles. The van der Waals surface area contributed by atoms with Gasteiger partial charge in [-0.05, 0) is 34.5 Å². The summed E-state index contributed by atoms with van der Waals surface area (Å²) in [6, 6.07) is 7.33. The molecule has 3 rings (SSSR count). The van der Waals surface area contributed by atoms with E-state index in [4.69, 9.17) is 4.74 Å². The number of carbonyl (C=O) groups is 1. The highest BCUT2D eigenvalue weighted by atomic mass is 32.1. The third-order valence-electron chi connectivity index (χ3n) is 3.13. The molecule has 0 spiro atoms. The van der Waals surface area contributed by atoms with Crippen molar-refractivity contribution in [1.29, 1.82) is 0 Å². The lowest BCUT2D eigenvalue weighted by Gasteiger charge is -2.31. The molecule has 1 aliphatic rings. The van der Waals surface area contributed by atoms with Crippen molar-refractivity contribution in [3.05, 3.63) is 46.2 Å². The first-order valence-corrected chi connectivity index (χ1v) is 6.95. The summed E-state index contributed by atoms with van der Waals surface area (Å²) in [7, 11) is 0. The number of aromatic carboxylic acids is 1. The number of carboxylic acids is 1. The van der Waals surface area contributed by atoms with E-state index in [0.29, 0.717) is 12.4 Å². The monoisotopic (exact) mass is 275 g/mol. The average Bonchev–Trinajstić information content (AvgIpc) is 2.91. The second kappa shape index (κ2) is 4.93. The molecule has 0 saturated heterocycles. The third-order valence-corrected chi connectivity index (χ3v) is 3.86. The summed E-state index contributed by atoms with van der Waals surface area (Å²) in [5.41, 5.74) is 2.32. The molecule has 0 unspecified atom stereocenters. The molecule has 0 fully saturated rings. The van der Waals surface area contributed by atoms with Gasteiger partial charge in [0, 0.05) is 6.54 Å². The van der Waals surface area contributed by atoms with Gasteiger partial charge in [0.15, 0.2) is 5.75 Å². The second-order valence-corrected chi connectivity index (χ2v) is 5.14. The highest BCUT2D eigenvalue weighted by molar-refractivity contribution is 7.07. The first-order valence-electron chi connectivity index (χ1n) is 6.01. The maximum Gasteiger partial charge on any atom is 0.339 e. The number of benzene rings is 1. The Morgan fingerprint density at radius 2 is 2.32 bits per heavy atom. The summed E-state index contributed by atoms with van der Waals surface area (Å²) in [5.74, 6) is -0.467. The number of rotatable bonds is 3. The molecule has 2 aromatic rings. The minimum atomic E-state index is -0.950. The number of nitrogens with zero attached hydrogens (tertiary/aromatic N) is 1. The number of anilines is 1. The molecular formula is C14H13NO3S. The van der Waals surface area contributed by atoms with E-state index in [1.807, 2.05) is 11.4 Å². The number of para-hydroxylation sites is 1. The fraction of sp³-hybridized carbons (Fsp3) is 0.214. The molecule has 0 amide bonds. The van der Waals surface area contributed by atoms with Crippen LogP contribution in [0.1, 0.15) is 15.9 Å². The molecule has 4 nitrogen and oxygen atoms in total. The van der Waals surface area contributed by atoms with Gasteiger partial charge in [-0.15, -0.1) is 0 Å². The molecule has 2 heterocycles. The van der Waals surface area contributed by atoms with Crippen LogP contribution in [-0.2, 0) is 6.54 Å². The van der Waals surface area contributed by atoms with Crippen molar-refractivity contribution in [2.45, 2.75) is 6.54 Å². The predicted octanol–water partition coefficient (Wildman–Crippen LogP) is 2.85. The van der Waals surface area contributed by atoms with Crippen LogP contribution in [0.2, 0.25) is 0 Å². The average molecular weight is 275 g/mol. The Morgan fingerprint density at radius 3 is 3.05 bits per heavy atom. The molecule has 0 atom stereocenters. The number of hydrogen-bond acceptors (Lipinski definition) is 4. The van der Waals surface area contributed by atoms with Gasteiger partial charge in [-0.3, -0.25) is 0 Å². The fourth-order valence-corrected chi connectivity index (χ4v) is 2.90. The van der Waals surface area contributed by atoms with Gasteiger partial charge in [0.2, 0.25) is 0 Å². The highest BCUT2D eigenvalue weighted by Gasteiger charge is 2.23. The van der Waals surface area contributed by atoms with Crippen molar-refractivity contribution in [3.8, 4) is 5.75 Å². The molecule has 0 bridgehead atoms. The van der Waals surface area contributed by atoms with E-state index >= 15 is 0 Å². The van der Waals surface area contributed by atoms with Crippen molar-refractivity contribution in [2.24, 2.45) is 0 Å². The molecule has 0 saturated carbocycles. The molecule has 0 aliphatic carbocycles. The number of fused-ring (bicyclic) bond motifs is 1. The van der Waals surface area contributed by atoms with Crippen LogP contribution in [-0.4, -0.2) is 24.2 Å². The standard InChI is InChI=1S/C14H13NO3S/c16-14(17)11-2-1-3-12-13(11)18-6-5-15(12)8-10-4-7-19-9-10/h1-4,7,9H,5-6,8H2,(H,16,17). The Labute approximate surface area is 114 Å². The second-order valence-electron chi connectivity index (χ2n) is 4.36.